The van der Waals surface area contributed by atoms with Gasteiger partial charge in [-0.25, -0.2) is 18.4 Å². The minimum Gasteiger partial charge on any atom is -0.478 e. The van der Waals surface area contributed by atoms with Crippen molar-refractivity contribution in [3.63, 3.8) is 0 Å². The third-order valence-electron chi connectivity index (χ3n) is 2.93. The summed E-state index contributed by atoms with van der Waals surface area (Å²) in [5.74, 6) is -1.24. The average molecular weight is 310 g/mol. The van der Waals surface area contributed by atoms with Gasteiger partial charge in [0, 0.05) is 18.9 Å². The van der Waals surface area contributed by atoms with Gasteiger partial charge in [0.1, 0.15) is 0 Å². The van der Waals surface area contributed by atoms with E-state index in [1.165, 1.54) is 12.1 Å². The van der Waals surface area contributed by atoms with E-state index in [0.717, 1.165) is 11.8 Å². The molecule has 2 rings (SSSR count). The number of carbonyl (C=O) groups is 1. The number of nitrogens with zero attached hydrogens (tertiary/aromatic N) is 2. The Kier molecular flexibility index (Phi) is 3.96. The van der Waals surface area contributed by atoms with Crippen molar-refractivity contribution < 1.29 is 18.3 Å². The summed E-state index contributed by atoms with van der Waals surface area (Å²) in [4.78, 5) is 11.0. The van der Waals surface area contributed by atoms with Gasteiger partial charge in [0.15, 0.2) is 0 Å². The molecule has 1 aromatic carbocycles. The maximum absolute atomic E-state index is 11.3. The van der Waals surface area contributed by atoms with Crippen molar-refractivity contribution in [2.45, 2.75) is 11.4 Å². The van der Waals surface area contributed by atoms with E-state index in [0.29, 0.717) is 12.2 Å². The number of aromatic carboxylic acids is 1. The Balaban J connectivity index is 2.31. The lowest BCUT2D eigenvalue weighted by atomic mass is 10.1. The van der Waals surface area contributed by atoms with Crippen LogP contribution in [0.1, 0.15) is 16.1 Å². The monoisotopic (exact) mass is 310 g/mol. The van der Waals surface area contributed by atoms with Crippen molar-refractivity contribution in [1.29, 1.82) is 0 Å². The lowest BCUT2D eigenvalue weighted by molar-refractivity contribution is 0.0697. The smallest absolute Gasteiger partial charge is 0.337 e. The van der Waals surface area contributed by atoms with E-state index in [2.05, 4.69) is 10.4 Å². The second-order valence-electron chi connectivity index (χ2n) is 4.36. The molecule has 1 heterocycles. The topological polar surface area (TPSA) is 127 Å². The molecule has 0 atom stereocenters. The lowest BCUT2D eigenvalue weighted by Crippen LogP contribution is -2.14. The van der Waals surface area contributed by atoms with Gasteiger partial charge < -0.3 is 10.4 Å². The van der Waals surface area contributed by atoms with Crippen LogP contribution in [0.25, 0.3) is 0 Å². The number of carboxylic acid groups (broad SMARTS) is 1. The highest BCUT2D eigenvalue weighted by atomic mass is 32.2. The molecule has 0 spiro atoms. The molecule has 0 aliphatic carbocycles. The maximum Gasteiger partial charge on any atom is 0.337 e. The molecule has 0 fully saturated rings. The number of primary sulfonamides is 1. The highest BCUT2D eigenvalue weighted by molar-refractivity contribution is 7.89. The SMILES string of the molecule is Cn1nccc1CNc1ccc(S(N)(=O)=O)cc1C(=O)O. The van der Waals surface area contributed by atoms with Crippen molar-refractivity contribution in [3.05, 3.63) is 41.7 Å². The first-order chi connectivity index (χ1) is 9.79. The Morgan fingerprint density at radius 1 is 1.43 bits per heavy atom. The van der Waals surface area contributed by atoms with Gasteiger partial charge in [-0.15, -0.1) is 0 Å². The molecule has 2 aromatic rings. The van der Waals surface area contributed by atoms with E-state index in [4.69, 9.17) is 5.14 Å². The molecule has 8 nitrogen and oxygen atoms in total. The molecule has 1 aromatic heterocycles. The second kappa shape index (κ2) is 5.54. The van der Waals surface area contributed by atoms with Gasteiger partial charge in [-0.05, 0) is 24.3 Å². The molecule has 9 heteroatoms. The predicted molar refractivity (Wildman–Crippen MR) is 75.3 cm³/mol. The summed E-state index contributed by atoms with van der Waals surface area (Å²) >= 11 is 0. The van der Waals surface area contributed by atoms with Gasteiger partial charge >= 0.3 is 5.97 Å². The van der Waals surface area contributed by atoms with Gasteiger partial charge in [0.25, 0.3) is 0 Å². The minimum atomic E-state index is -3.95. The molecule has 0 amide bonds. The fraction of sp³-hybridized carbons (Fsp3) is 0.167. The Hall–Kier alpha value is -2.39. The molecule has 21 heavy (non-hydrogen) atoms. The summed E-state index contributed by atoms with van der Waals surface area (Å²) in [5, 5.41) is 21.1. The summed E-state index contributed by atoms with van der Waals surface area (Å²) < 4.78 is 24.2. The summed E-state index contributed by atoms with van der Waals surface area (Å²) in [7, 11) is -2.18. The van der Waals surface area contributed by atoms with E-state index in [-0.39, 0.29) is 10.5 Å². The number of nitrogens with two attached hydrogens (primary N) is 1. The first-order valence-electron chi connectivity index (χ1n) is 5.90. The lowest BCUT2D eigenvalue weighted by Gasteiger charge is -2.11. The van der Waals surface area contributed by atoms with Gasteiger partial charge in [-0.3, -0.25) is 4.68 Å². The molecule has 4 N–H and O–H groups in total. The largest absolute Gasteiger partial charge is 0.478 e. The Morgan fingerprint density at radius 3 is 2.67 bits per heavy atom. The van der Waals surface area contributed by atoms with E-state index >= 15 is 0 Å². The first kappa shape index (κ1) is 15.0. The zero-order chi connectivity index (χ0) is 15.6. The van der Waals surface area contributed by atoms with Crippen LogP contribution in [0.15, 0.2) is 35.4 Å². The van der Waals surface area contributed by atoms with Gasteiger partial charge in [-0.1, -0.05) is 0 Å². The van der Waals surface area contributed by atoms with E-state index in [9.17, 15) is 18.3 Å². The Bertz CT molecular complexity index is 782. The molecule has 112 valence electrons. The molecule has 0 saturated heterocycles. The third-order valence-corrected chi connectivity index (χ3v) is 3.84. The van der Waals surface area contributed by atoms with Crippen LogP contribution in [0.5, 0.6) is 0 Å². The number of aromatic nitrogens is 2. The average Bonchev–Trinajstić information content (AvgIpc) is 2.80. The minimum absolute atomic E-state index is 0.163. The number of carboxylic acids is 1. The normalized spacial score (nSPS) is 11.3. The zero-order valence-electron chi connectivity index (χ0n) is 11.1. The molecule has 0 bridgehead atoms. The standard InChI is InChI=1S/C12H14N4O4S/c1-16-8(4-5-15-16)7-14-11-3-2-9(21(13,19)20)6-10(11)12(17)18/h2-6,14H,7H2,1H3,(H,17,18)(H2,13,19,20). The number of aryl methyl sites for hydroxylation is 1. The van der Waals surface area contributed by atoms with Gasteiger partial charge in [-0.2, -0.15) is 5.10 Å². The van der Waals surface area contributed by atoms with Crippen molar-refractivity contribution in [2.24, 2.45) is 12.2 Å². The highest BCUT2D eigenvalue weighted by Crippen LogP contribution is 2.20. The zero-order valence-corrected chi connectivity index (χ0v) is 12.0. The number of hydrogen-bond acceptors (Lipinski definition) is 5. The van der Waals surface area contributed by atoms with Crippen molar-refractivity contribution in [1.82, 2.24) is 9.78 Å². The molecule has 0 aliphatic rings. The summed E-state index contributed by atoms with van der Waals surface area (Å²) in [6.07, 6.45) is 1.62. The summed E-state index contributed by atoms with van der Waals surface area (Å²) in [6, 6.07) is 5.45. The van der Waals surface area contributed by atoms with Crippen LogP contribution in [0.2, 0.25) is 0 Å². The van der Waals surface area contributed by atoms with E-state index in [1.54, 1.807) is 24.0 Å². The number of nitrogens with one attached hydrogen (secondary N) is 1. The number of benzene rings is 1. The van der Waals surface area contributed by atoms with Crippen LogP contribution in [0, 0.1) is 0 Å². The Morgan fingerprint density at radius 2 is 2.14 bits per heavy atom. The number of hydrogen-bond donors (Lipinski definition) is 3. The van der Waals surface area contributed by atoms with Crippen LogP contribution in [0.4, 0.5) is 5.69 Å². The van der Waals surface area contributed by atoms with Crippen LogP contribution in [-0.2, 0) is 23.6 Å². The Labute approximate surface area is 121 Å². The molecule has 0 unspecified atom stereocenters. The maximum atomic E-state index is 11.3. The first-order valence-corrected chi connectivity index (χ1v) is 7.44. The number of rotatable bonds is 5. The molecule has 0 aliphatic heterocycles. The quantitative estimate of drug-likeness (QED) is 0.732. The van der Waals surface area contributed by atoms with Crippen LogP contribution in [0.3, 0.4) is 0 Å². The predicted octanol–water partition coefficient (Wildman–Crippen LogP) is 0.378. The molecule has 0 saturated carbocycles. The second-order valence-corrected chi connectivity index (χ2v) is 5.92. The van der Waals surface area contributed by atoms with E-state index in [1.807, 2.05) is 0 Å². The van der Waals surface area contributed by atoms with Crippen molar-refractivity contribution >= 4 is 21.7 Å². The van der Waals surface area contributed by atoms with Crippen LogP contribution < -0.4 is 10.5 Å². The van der Waals surface area contributed by atoms with Gasteiger partial charge in [0.05, 0.1) is 22.7 Å². The van der Waals surface area contributed by atoms with Crippen LogP contribution in [-0.4, -0.2) is 29.3 Å². The molecular formula is C12H14N4O4S. The molecular weight excluding hydrogens is 296 g/mol. The van der Waals surface area contributed by atoms with E-state index < -0.39 is 16.0 Å². The van der Waals surface area contributed by atoms with Crippen molar-refractivity contribution in [2.75, 3.05) is 5.32 Å². The number of sulfonamides is 1. The fourth-order valence-electron chi connectivity index (χ4n) is 1.79. The highest BCUT2D eigenvalue weighted by Gasteiger charge is 2.16. The third kappa shape index (κ3) is 3.38. The summed E-state index contributed by atoms with van der Waals surface area (Å²) in [6.45, 7) is 0.353. The fourth-order valence-corrected chi connectivity index (χ4v) is 2.33. The van der Waals surface area contributed by atoms with Gasteiger partial charge in [0.2, 0.25) is 10.0 Å². The van der Waals surface area contributed by atoms with Crippen molar-refractivity contribution in [3.8, 4) is 0 Å². The summed E-state index contributed by atoms with van der Waals surface area (Å²) in [5.41, 5.74) is 0.988. The molecule has 0 radical (unpaired) electrons. The number of anilines is 1. The van der Waals surface area contributed by atoms with Crippen LogP contribution >= 0.6 is 0 Å².